The Labute approximate surface area is 146 Å². The van der Waals surface area contributed by atoms with Crippen LogP contribution < -0.4 is 5.32 Å². The van der Waals surface area contributed by atoms with Crippen LogP contribution in [0.25, 0.3) is 0 Å². The van der Waals surface area contributed by atoms with Gasteiger partial charge in [0.05, 0.1) is 0 Å². The van der Waals surface area contributed by atoms with Gasteiger partial charge in [-0.2, -0.15) is 0 Å². The van der Waals surface area contributed by atoms with Crippen molar-refractivity contribution >= 4 is 29.9 Å². The first-order valence-corrected chi connectivity index (χ1v) is 8.64. The van der Waals surface area contributed by atoms with Crippen LogP contribution in [-0.4, -0.2) is 61.1 Å². The van der Waals surface area contributed by atoms with E-state index < -0.39 is 0 Å². The van der Waals surface area contributed by atoms with Crippen LogP contribution in [0.4, 0.5) is 0 Å². The van der Waals surface area contributed by atoms with E-state index >= 15 is 0 Å². The van der Waals surface area contributed by atoms with Crippen molar-refractivity contribution in [1.82, 2.24) is 15.1 Å². The fraction of sp³-hybridized carbons (Fsp3) is 0.938. The fourth-order valence-corrected chi connectivity index (χ4v) is 3.52. The van der Waals surface area contributed by atoms with Gasteiger partial charge in [-0.1, -0.05) is 12.8 Å². The number of halogens is 1. The Morgan fingerprint density at radius 3 is 2.57 bits per heavy atom. The van der Waals surface area contributed by atoms with E-state index in [2.05, 4.69) is 22.0 Å². The van der Waals surface area contributed by atoms with Crippen LogP contribution in [0.5, 0.6) is 0 Å². The maximum Gasteiger partial charge on any atom is 0.193 e. The van der Waals surface area contributed by atoms with Crippen LogP contribution in [0.15, 0.2) is 4.99 Å². The van der Waals surface area contributed by atoms with Gasteiger partial charge in [0.1, 0.15) is 0 Å². The summed E-state index contributed by atoms with van der Waals surface area (Å²) in [5, 5.41) is 3.49. The van der Waals surface area contributed by atoms with E-state index in [1.54, 1.807) is 0 Å². The van der Waals surface area contributed by atoms with Gasteiger partial charge < -0.3 is 10.2 Å². The molecule has 1 atom stereocenters. The Hall–Kier alpha value is -0.0400. The summed E-state index contributed by atoms with van der Waals surface area (Å²) in [6, 6.07) is 0.768. The van der Waals surface area contributed by atoms with Gasteiger partial charge in [-0.3, -0.25) is 9.89 Å². The molecule has 0 aromatic rings. The Morgan fingerprint density at radius 2 is 1.90 bits per heavy atom. The molecule has 0 aromatic heterocycles. The highest BCUT2D eigenvalue weighted by Crippen LogP contribution is 2.32. The number of hydrogen-bond acceptors (Lipinski definition) is 2. The van der Waals surface area contributed by atoms with Gasteiger partial charge in [0.15, 0.2) is 5.96 Å². The fourth-order valence-electron chi connectivity index (χ4n) is 3.52. The largest absolute Gasteiger partial charge is 0.357 e. The normalized spacial score (nSPS) is 27.0. The molecule has 0 amide bonds. The van der Waals surface area contributed by atoms with Crippen LogP contribution in [0.1, 0.15) is 45.4 Å². The molecule has 122 valence electrons. The molecule has 0 bridgehead atoms. The average Bonchev–Trinajstić information content (AvgIpc) is 2.96. The van der Waals surface area contributed by atoms with E-state index in [9.17, 15) is 0 Å². The third-order valence-corrected chi connectivity index (χ3v) is 4.95. The first-order valence-electron chi connectivity index (χ1n) is 8.64. The molecule has 1 saturated carbocycles. The minimum absolute atomic E-state index is 0. The third-order valence-electron chi connectivity index (χ3n) is 4.95. The molecule has 1 N–H and O–H groups in total. The van der Waals surface area contributed by atoms with Crippen molar-refractivity contribution in [3.63, 3.8) is 0 Å². The molecule has 2 aliphatic heterocycles. The topological polar surface area (TPSA) is 30.9 Å². The van der Waals surface area contributed by atoms with Crippen LogP contribution in [0, 0.1) is 5.92 Å². The van der Waals surface area contributed by atoms with Gasteiger partial charge in [0.25, 0.3) is 0 Å². The minimum atomic E-state index is 0. The van der Waals surface area contributed by atoms with Crippen molar-refractivity contribution < 1.29 is 0 Å². The summed E-state index contributed by atoms with van der Waals surface area (Å²) in [5.74, 6) is 2.15. The highest BCUT2D eigenvalue weighted by molar-refractivity contribution is 14.0. The summed E-state index contributed by atoms with van der Waals surface area (Å²) in [5.41, 5.74) is 0. The molecule has 3 fully saturated rings. The molecule has 0 aromatic carbocycles. The maximum absolute atomic E-state index is 4.85. The van der Waals surface area contributed by atoms with Crippen molar-refractivity contribution in [2.45, 2.75) is 51.5 Å². The molecule has 21 heavy (non-hydrogen) atoms. The number of nitrogens with one attached hydrogen (secondary N) is 1. The molecule has 3 rings (SSSR count). The molecule has 1 aliphatic carbocycles. The molecular weight excluding hydrogens is 375 g/mol. The lowest BCUT2D eigenvalue weighted by atomic mass is 10.2. The number of aliphatic imine (C=N–C) groups is 1. The Balaban J connectivity index is 0.00000161. The van der Waals surface area contributed by atoms with Gasteiger partial charge in [0, 0.05) is 32.2 Å². The number of guanidine groups is 1. The lowest BCUT2D eigenvalue weighted by Crippen LogP contribution is -2.42. The second-order valence-corrected chi connectivity index (χ2v) is 6.60. The minimum Gasteiger partial charge on any atom is -0.357 e. The molecule has 4 nitrogen and oxygen atoms in total. The van der Waals surface area contributed by atoms with Crippen molar-refractivity contribution in [3.8, 4) is 0 Å². The summed E-state index contributed by atoms with van der Waals surface area (Å²) in [6.45, 7) is 9.14. The van der Waals surface area contributed by atoms with E-state index in [0.717, 1.165) is 31.0 Å². The Kier molecular flexibility index (Phi) is 7.05. The monoisotopic (exact) mass is 406 g/mol. The van der Waals surface area contributed by atoms with Gasteiger partial charge in [-0.25, -0.2) is 0 Å². The van der Waals surface area contributed by atoms with E-state index in [4.69, 9.17) is 4.99 Å². The predicted octanol–water partition coefficient (Wildman–Crippen LogP) is 2.54. The van der Waals surface area contributed by atoms with E-state index in [1.807, 2.05) is 0 Å². The number of rotatable bonds is 5. The molecule has 0 spiro atoms. The van der Waals surface area contributed by atoms with Crippen molar-refractivity contribution in [3.05, 3.63) is 0 Å². The standard InChI is InChI=1S/C16H30N4.HI/c1-2-17-16(18-9-7-14-5-6-14)20-12-8-15(13-20)19-10-3-4-11-19;/h14-15H,2-13H2,1H3,(H,17,18);1H. The van der Waals surface area contributed by atoms with Crippen LogP contribution in [0.3, 0.4) is 0 Å². The highest BCUT2D eigenvalue weighted by atomic mass is 127. The molecule has 2 heterocycles. The Bertz CT molecular complexity index is 337. The van der Waals surface area contributed by atoms with Gasteiger partial charge >= 0.3 is 0 Å². The molecule has 0 radical (unpaired) electrons. The van der Waals surface area contributed by atoms with Crippen LogP contribution in [0.2, 0.25) is 0 Å². The molecule has 1 unspecified atom stereocenters. The van der Waals surface area contributed by atoms with Crippen LogP contribution in [-0.2, 0) is 0 Å². The summed E-state index contributed by atoms with van der Waals surface area (Å²) >= 11 is 0. The van der Waals surface area contributed by atoms with Gasteiger partial charge in [-0.15, -0.1) is 24.0 Å². The lowest BCUT2D eigenvalue weighted by Gasteiger charge is -2.25. The summed E-state index contributed by atoms with van der Waals surface area (Å²) in [7, 11) is 0. The second kappa shape index (κ2) is 8.56. The van der Waals surface area contributed by atoms with E-state index in [1.165, 1.54) is 64.7 Å². The first-order chi connectivity index (χ1) is 9.86. The smallest absolute Gasteiger partial charge is 0.193 e. The zero-order chi connectivity index (χ0) is 13.8. The van der Waals surface area contributed by atoms with E-state index in [0.29, 0.717) is 0 Å². The third kappa shape index (κ3) is 4.98. The zero-order valence-corrected chi connectivity index (χ0v) is 15.7. The van der Waals surface area contributed by atoms with Gasteiger partial charge in [-0.05, 0) is 51.6 Å². The summed E-state index contributed by atoms with van der Waals surface area (Å²) in [6.07, 6.45) is 8.27. The van der Waals surface area contributed by atoms with E-state index in [-0.39, 0.29) is 24.0 Å². The number of nitrogens with zero attached hydrogens (tertiary/aromatic N) is 3. The molecule has 2 saturated heterocycles. The molecule has 3 aliphatic rings. The second-order valence-electron chi connectivity index (χ2n) is 6.60. The van der Waals surface area contributed by atoms with Crippen molar-refractivity contribution in [1.29, 1.82) is 0 Å². The average molecular weight is 406 g/mol. The van der Waals surface area contributed by atoms with Gasteiger partial charge in [0.2, 0.25) is 0 Å². The maximum atomic E-state index is 4.85. The van der Waals surface area contributed by atoms with Crippen molar-refractivity contribution in [2.75, 3.05) is 39.3 Å². The molecule has 5 heteroatoms. The number of likely N-dealkylation sites (tertiary alicyclic amines) is 2. The zero-order valence-electron chi connectivity index (χ0n) is 13.4. The SMILES string of the molecule is CCNC(=NCCC1CC1)N1CCC(N2CCCC2)C1.I. The quantitative estimate of drug-likeness (QED) is 0.433. The van der Waals surface area contributed by atoms with Crippen LogP contribution >= 0.6 is 24.0 Å². The summed E-state index contributed by atoms with van der Waals surface area (Å²) < 4.78 is 0. The molecular formula is C16H31IN4. The Morgan fingerprint density at radius 1 is 1.14 bits per heavy atom. The first kappa shape index (κ1) is 17.3. The lowest BCUT2D eigenvalue weighted by molar-refractivity contribution is 0.249. The number of hydrogen-bond donors (Lipinski definition) is 1. The van der Waals surface area contributed by atoms with Crippen molar-refractivity contribution in [2.24, 2.45) is 10.9 Å². The predicted molar refractivity (Wildman–Crippen MR) is 99.5 cm³/mol. The summed E-state index contributed by atoms with van der Waals surface area (Å²) in [4.78, 5) is 10.0. The highest BCUT2D eigenvalue weighted by Gasteiger charge is 2.30.